The summed E-state index contributed by atoms with van der Waals surface area (Å²) in [4.78, 5) is 11.6. The largest absolute Gasteiger partial charge is 0.350 e. The lowest BCUT2D eigenvalue weighted by atomic mass is 10.0. The Bertz CT molecular complexity index is 412. The van der Waals surface area contributed by atoms with Gasteiger partial charge in [0.15, 0.2) is 9.84 Å². The Morgan fingerprint density at radius 3 is 2.59 bits per heavy atom. The van der Waals surface area contributed by atoms with Gasteiger partial charge in [0.05, 0.1) is 12.3 Å². The Morgan fingerprint density at radius 2 is 2.12 bits per heavy atom. The van der Waals surface area contributed by atoms with Crippen molar-refractivity contribution < 1.29 is 13.2 Å². The van der Waals surface area contributed by atoms with Crippen LogP contribution in [0, 0.1) is 0 Å². The van der Waals surface area contributed by atoms with E-state index in [1.54, 1.807) is 6.08 Å². The van der Waals surface area contributed by atoms with Gasteiger partial charge in [0, 0.05) is 17.0 Å². The molecule has 1 unspecified atom stereocenters. The highest BCUT2D eigenvalue weighted by Gasteiger charge is 2.23. The predicted molar refractivity (Wildman–Crippen MR) is 67.2 cm³/mol. The van der Waals surface area contributed by atoms with Gasteiger partial charge in [-0.05, 0) is 20.3 Å². The maximum atomic E-state index is 11.6. The van der Waals surface area contributed by atoms with Gasteiger partial charge in [-0.25, -0.2) is 8.42 Å². The van der Waals surface area contributed by atoms with E-state index >= 15 is 0 Å². The van der Waals surface area contributed by atoms with Crippen molar-refractivity contribution in [2.24, 2.45) is 0 Å². The van der Waals surface area contributed by atoms with E-state index in [0.717, 1.165) is 6.42 Å². The number of carbonyl (C=O) groups is 1. The van der Waals surface area contributed by atoms with Crippen molar-refractivity contribution >= 4 is 15.7 Å². The number of sulfone groups is 1. The summed E-state index contributed by atoms with van der Waals surface area (Å²) < 4.78 is 22.3. The van der Waals surface area contributed by atoms with Gasteiger partial charge in [-0.15, -0.1) is 0 Å². The van der Waals surface area contributed by atoms with Gasteiger partial charge in [0.2, 0.25) is 5.91 Å². The molecule has 0 radical (unpaired) electrons. The van der Waals surface area contributed by atoms with Gasteiger partial charge in [0.1, 0.15) is 0 Å². The van der Waals surface area contributed by atoms with Crippen LogP contribution >= 0.6 is 0 Å². The molecule has 1 atom stereocenters. The van der Waals surface area contributed by atoms with E-state index < -0.39 is 9.84 Å². The maximum absolute atomic E-state index is 11.6. The SMILES string of the molecule is CCC(C)(C)NC(=O)CNC1C=CS(=O)(=O)C1. The predicted octanol–water partition coefficient (Wildman–Crippen LogP) is 0.192. The van der Waals surface area contributed by atoms with Crippen LogP contribution in [0.3, 0.4) is 0 Å². The molecule has 0 spiro atoms. The molecule has 0 fully saturated rings. The molecule has 6 heteroatoms. The molecule has 0 saturated carbocycles. The van der Waals surface area contributed by atoms with Crippen LogP contribution in [0.1, 0.15) is 27.2 Å². The summed E-state index contributed by atoms with van der Waals surface area (Å²) in [7, 11) is -3.06. The first-order chi connectivity index (χ1) is 7.74. The normalized spacial score (nSPS) is 22.6. The van der Waals surface area contributed by atoms with Gasteiger partial charge in [-0.3, -0.25) is 4.79 Å². The summed E-state index contributed by atoms with van der Waals surface area (Å²) in [6.07, 6.45) is 2.42. The van der Waals surface area contributed by atoms with Crippen LogP contribution in [0.25, 0.3) is 0 Å². The average molecular weight is 260 g/mol. The van der Waals surface area contributed by atoms with Gasteiger partial charge in [-0.1, -0.05) is 13.0 Å². The molecular formula is C11H20N2O3S. The second-order valence-corrected chi connectivity index (χ2v) is 6.86. The van der Waals surface area contributed by atoms with Crippen LogP contribution in [0.15, 0.2) is 11.5 Å². The zero-order valence-electron chi connectivity index (χ0n) is 10.5. The van der Waals surface area contributed by atoms with Gasteiger partial charge >= 0.3 is 0 Å². The van der Waals surface area contributed by atoms with Gasteiger partial charge in [-0.2, -0.15) is 0 Å². The van der Waals surface area contributed by atoms with Crippen LogP contribution in [0.2, 0.25) is 0 Å². The Hall–Kier alpha value is -0.880. The summed E-state index contributed by atoms with van der Waals surface area (Å²) in [5.41, 5.74) is -0.226. The molecule has 1 rings (SSSR count). The van der Waals surface area contributed by atoms with E-state index in [-0.39, 0.29) is 29.8 Å². The first-order valence-electron chi connectivity index (χ1n) is 5.69. The monoisotopic (exact) mass is 260 g/mol. The number of amides is 1. The molecule has 0 aromatic heterocycles. The molecule has 5 nitrogen and oxygen atoms in total. The fourth-order valence-corrected chi connectivity index (χ4v) is 2.71. The molecule has 0 aliphatic carbocycles. The molecule has 0 aromatic rings. The second-order valence-electron chi connectivity index (χ2n) is 4.93. The number of rotatable bonds is 5. The molecule has 0 aromatic carbocycles. The lowest BCUT2D eigenvalue weighted by Crippen LogP contribution is -2.48. The van der Waals surface area contributed by atoms with E-state index in [2.05, 4.69) is 10.6 Å². The van der Waals surface area contributed by atoms with Crippen molar-refractivity contribution in [3.63, 3.8) is 0 Å². The highest BCUT2D eigenvalue weighted by atomic mass is 32.2. The third-order valence-electron chi connectivity index (χ3n) is 2.82. The van der Waals surface area contributed by atoms with E-state index in [0.29, 0.717) is 0 Å². The van der Waals surface area contributed by atoms with Crippen molar-refractivity contribution in [1.29, 1.82) is 0 Å². The summed E-state index contributed by atoms with van der Waals surface area (Å²) in [5.74, 6) is -0.0770. The molecular weight excluding hydrogens is 240 g/mol. The average Bonchev–Trinajstić information content (AvgIpc) is 2.55. The third kappa shape index (κ3) is 4.87. The Kier molecular flexibility index (Phi) is 4.32. The van der Waals surface area contributed by atoms with Crippen LogP contribution in [0.5, 0.6) is 0 Å². The van der Waals surface area contributed by atoms with Crippen molar-refractivity contribution in [2.75, 3.05) is 12.3 Å². The van der Waals surface area contributed by atoms with Crippen LogP contribution in [-0.2, 0) is 14.6 Å². The van der Waals surface area contributed by atoms with Crippen molar-refractivity contribution in [3.05, 3.63) is 11.5 Å². The summed E-state index contributed by atoms with van der Waals surface area (Å²) in [6.45, 7) is 6.03. The Balaban J connectivity index is 2.33. The molecule has 1 aliphatic heterocycles. The zero-order valence-corrected chi connectivity index (χ0v) is 11.3. The lowest BCUT2D eigenvalue weighted by Gasteiger charge is -2.24. The fraction of sp³-hybridized carbons (Fsp3) is 0.727. The van der Waals surface area contributed by atoms with E-state index in [1.807, 2.05) is 20.8 Å². The topological polar surface area (TPSA) is 75.3 Å². The molecule has 1 amide bonds. The fourth-order valence-electron chi connectivity index (χ4n) is 1.44. The number of hydrogen-bond acceptors (Lipinski definition) is 4. The first-order valence-corrected chi connectivity index (χ1v) is 7.41. The maximum Gasteiger partial charge on any atom is 0.234 e. The molecule has 0 saturated heterocycles. The van der Waals surface area contributed by atoms with E-state index in [4.69, 9.17) is 0 Å². The molecule has 1 heterocycles. The number of hydrogen-bond donors (Lipinski definition) is 2. The first kappa shape index (κ1) is 14.2. The molecule has 17 heavy (non-hydrogen) atoms. The lowest BCUT2D eigenvalue weighted by molar-refractivity contribution is -0.121. The number of nitrogens with one attached hydrogen (secondary N) is 2. The molecule has 2 N–H and O–H groups in total. The van der Waals surface area contributed by atoms with Crippen LogP contribution in [0.4, 0.5) is 0 Å². The van der Waals surface area contributed by atoms with Crippen LogP contribution in [-0.4, -0.2) is 38.2 Å². The Labute approximate surface area is 103 Å². The molecule has 0 bridgehead atoms. The molecule has 98 valence electrons. The Morgan fingerprint density at radius 1 is 1.47 bits per heavy atom. The smallest absolute Gasteiger partial charge is 0.234 e. The minimum absolute atomic E-state index is 0.0391. The quantitative estimate of drug-likeness (QED) is 0.740. The van der Waals surface area contributed by atoms with Gasteiger partial charge < -0.3 is 10.6 Å². The van der Waals surface area contributed by atoms with E-state index in [1.165, 1.54) is 5.41 Å². The minimum Gasteiger partial charge on any atom is -0.350 e. The summed E-state index contributed by atoms with van der Waals surface area (Å²) in [5, 5.41) is 6.97. The minimum atomic E-state index is -3.06. The van der Waals surface area contributed by atoms with Gasteiger partial charge in [0.25, 0.3) is 0 Å². The van der Waals surface area contributed by atoms with Crippen molar-refractivity contribution in [3.8, 4) is 0 Å². The summed E-state index contributed by atoms with van der Waals surface area (Å²) >= 11 is 0. The second kappa shape index (κ2) is 5.18. The van der Waals surface area contributed by atoms with Crippen molar-refractivity contribution in [2.45, 2.75) is 38.8 Å². The third-order valence-corrected chi connectivity index (χ3v) is 4.21. The number of carbonyl (C=O) groups excluding carboxylic acids is 1. The van der Waals surface area contributed by atoms with Crippen LogP contribution < -0.4 is 10.6 Å². The standard InChI is InChI=1S/C11H20N2O3S/c1-4-11(2,3)13-10(14)7-12-9-5-6-17(15,16)8-9/h5-6,9,12H,4,7-8H2,1-3H3,(H,13,14). The van der Waals surface area contributed by atoms with E-state index in [9.17, 15) is 13.2 Å². The summed E-state index contributed by atoms with van der Waals surface area (Å²) in [6, 6.07) is -0.254. The zero-order chi connectivity index (χ0) is 13.1. The highest BCUT2D eigenvalue weighted by Crippen LogP contribution is 2.08. The molecule has 1 aliphatic rings. The highest BCUT2D eigenvalue weighted by molar-refractivity contribution is 7.94. The van der Waals surface area contributed by atoms with Crippen molar-refractivity contribution in [1.82, 2.24) is 10.6 Å².